The lowest BCUT2D eigenvalue weighted by Crippen LogP contribution is -2.15. The molecule has 0 amide bonds. The number of hydrogen-bond donors (Lipinski definition) is 0. The monoisotopic (exact) mass is 578 g/mol. The molecule has 0 saturated heterocycles. The molecule has 0 nitrogen and oxygen atoms in total. The Kier molecular flexibility index (Phi) is 9.06. The Bertz CT molecular complexity index is 1490. The van der Waals surface area contributed by atoms with E-state index in [9.17, 15) is 0 Å². The average Bonchev–Trinajstić information content (AvgIpc) is 3.07. The van der Waals surface area contributed by atoms with Crippen LogP contribution in [0, 0.1) is 0 Å². The van der Waals surface area contributed by atoms with Crippen LogP contribution in [0.3, 0.4) is 0 Å². The van der Waals surface area contributed by atoms with E-state index >= 15 is 0 Å². The minimum Gasteiger partial charge on any atom is -0.0622 e. The quantitative estimate of drug-likeness (QED) is 0.150. The van der Waals surface area contributed by atoms with E-state index in [2.05, 4.69) is 184 Å². The van der Waals surface area contributed by atoms with Gasteiger partial charge in [0.25, 0.3) is 0 Å². The van der Waals surface area contributed by atoms with Gasteiger partial charge in [-0.15, -0.1) is 0 Å². The second kappa shape index (κ2) is 13.4. The number of benzene rings is 6. The van der Waals surface area contributed by atoms with Gasteiger partial charge in [-0.1, -0.05) is 184 Å². The molecular formula is C40H36P2. The van der Waals surface area contributed by atoms with Gasteiger partial charge in [0.15, 0.2) is 0 Å². The molecule has 0 spiro atoms. The van der Waals surface area contributed by atoms with Gasteiger partial charge < -0.3 is 0 Å². The largest absolute Gasteiger partial charge is 0.0622 e. The van der Waals surface area contributed by atoms with Crippen molar-refractivity contribution in [2.75, 3.05) is 0 Å². The molecule has 0 aliphatic carbocycles. The van der Waals surface area contributed by atoms with E-state index in [1.807, 2.05) is 0 Å². The molecule has 0 radical (unpaired) electrons. The average molecular weight is 579 g/mol. The van der Waals surface area contributed by atoms with E-state index in [1.165, 1.54) is 43.5 Å². The molecule has 0 fully saturated rings. The van der Waals surface area contributed by atoms with Crippen molar-refractivity contribution in [3.63, 3.8) is 0 Å². The summed E-state index contributed by atoms with van der Waals surface area (Å²) in [5, 5.41) is 5.68. The molecule has 2 heteroatoms. The van der Waals surface area contributed by atoms with E-state index in [1.54, 1.807) is 0 Å². The molecule has 2 atom stereocenters. The van der Waals surface area contributed by atoms with Crippen molar-refractivity contribution < 1.29 is 0 Å². The molecule has 0 N–H and O–H groups in total. The van der Waals surface area contributed by atoms with Crippen LogP contribution in [0.1, 0.15) is 36.3 Å². The Labute approximate surface area is 253 Å². The van der Waals surface area contributed by atoms with Crippen molar-refractivity contribution in [1.29, 1.82) is 0 Å². The molecule has 42 heavy (non-hydrogen) atoms. The highest BCUT2D eigenvalue weighted by atomic mass is 31.1. The molecular weight excluding hydrogens is 542 g/mol. The van der Waals surface area contributed by atoms with E-state index in [0.717, 1.165) is 0 Å². The Balaban J connectivity index is 1.34. The van der Waals surface area contributed by atoms with Crippen molar-refractivity contribution in [2.45, 2.75) is 25.2 Å². The summed E-state index contributed by atoms with van der Waals surface area (Å²) in [5.74, 6) is 0. The Morgan fingerprint density at radius 2 is 0.619 bits per heavy atom. The third-order valence-electron chi connectivity index (χ3n) is 7.98. The van der Waals surface area contributed by atoms with Gasteiger partial charge in [0.1, 0.15) is 0 Å². The SMILES string of the molecule is C[C@@H](c1cccc(-c2cccc([C@H](C)P(c3ccccc3)c3ccccc3)c2)c1)P(c1ccccc1)c1ccccc1. The van der Waals surface area contributed by atoms with E-state index < -0.39 is 15.8 Å². The molecule has 0 heterocycles. The number of rotatable bonds is 9. The standard InChI is InChI=1S/C40H36P2/c1-31(41(37-21-7-3-8-22-37)38-23-9-4-10-24-38)33-17-15-19-35(29-33)36-20-16-18-34(30-36)32(2)42(39-25-11-5-12-26-39)40-27-13-6-14-28-40/h3-32H,1-2H3/t31-,32-/m0/s1. The van der Waals surface area contributed by atoms with Crippen LogP contribution in [0.2, 0.25) is 0 Å². The van der Waals surface area contributed by atoms with Crippen molar-refractivity contribution >= 4 is 37.1 Å². The minimum atomic E-state index is -0.544. The molecule has 0 aliphatic rings. The lowest BCUT2D eigenvalue weighted by molar-refractivity contribution is 1.08. The zero-order valence-electron chi connectivity index (χ0n) is 24.2. The van der Waals surface area contributed by atoms with Gasteiger partial charge in [0, 0.05) is 11.3 Å². The predicted octanol–water partition coefficient (Wildman–Crippen LogP) is 9.74. The van der Waals surface area contributed by atoms with Crippen LogP contribution in [0.4, 0.5) is 0 Å². The van der Waals surface area contributed by atoms with Crippen molar-refractivity contribution in [1.82, 2.24) is 0 Å². The third kappa shape index (κ3) is 6.32. The summed E-state index contributed by atoms with van der Waals surface area (Å²) < 4.78 is 0. The summed E-state index contributed by atoms with van der Waals surface area (Å²) in [5.41, 5.74) is 6.12. The maximum atomic E-state index is 2.42. The summed E-state index contributed by atoms with van der Waals surface area (Å²) >= 11 is 0. The summed E-state index contributed by atoms with van der Waals surface area (Å²) in [7, 11) is -1.09. The Morgan fingerprint density at radius 3 is 0.905 bits per heavy atom. The van der Waals surface area contributed by atoms with Gasteiger partial charge >= 0.3 is 0 Å². The topological polar surface area (TPSA) is 0 Å². The fraction of sp³-hybridized carbons (Fsp3) is 0.100. The molecule has 0 bridgehead atoms. The summed E-state index contributed by atoms with van der Waals surface area (Å²) in [6.45, 7) is 4.80. The first-order chi connectivity index (χ1) is 20.7. The molecule has 0 aromatic heterocycles. The van der Waals surface area contributed by atoms with Crippen LogP contribution in [0.25, 0.3) is 11.1 Å². The minimum absolute atomic E-state index is 0.385. The lowest BCUT2D eigenvalue weighted by atomic mass is 9.99. The first-order valence-corrected chi connectivity index (χ1v) is 17.5. The molecule has 0 unspecified atom stereocenters. The van der Waals surface area contributed by atoms with Gasteiger partial charge in [-0.25, -0.2) is 0 Å². The fourth-order valence-corrected chi connectivity index (χ4v) is 11.1. The van der Waals surface area contributed by atoms with Gasteiger partial charge in [-0.2, -0.15) is 0 Å². The molecule has 206 valence electrons. The summed E-state index contributed by atoms with van der Waals surface area (Å²) in [4.78, 5) is 0. The van der Waals surface area contributed by atoms with Crippen LogP contribution in [-0.2, 0) is 0 Å². The molecule has 6 aromatic carbocycles. The molecule has 0 aliphatic heterocycles. The van der Waals surface area contributed by atoms with Gasteiger partial charge in [-0.05, 0) is 59.3 Å². The van der Waals surface area contributed by atoms with Gasteiger partial charge in [0.2, 0.25) is 0 Å². The van der Waals surface area contributed by atoms with Gasteiger partial charge in [-0.3, -0.25) is 0 Å². The zero-order chi connectivity index (χ0) is 28.7. The van der Waals surface area contributed by atoms with Crippen LogP contribution >= 0.6 is 15.8 Å². The first-order valence-electron chi connectivity index (χ1n) is 14.7. The summed E-state index contributed by atoms with van der Waals surface area (Å²) in [6, 6.07) is 62.6. The van der Waals surface area contributed by atoms with Crippen LogP contribution in [0.5, 0.6) is 0 Å². The van der Waals surface area contributed by atoms with E-state index in [-0.39, 0.29) is 0 Å². The van der Waals surface area contributed by atoms with Crippen LogP contribution < -0.4 is 21.2 Å². The molecule has 6 aromatic rings. The summed E-state index contributed by atoms with van der Waals surface area (Å²) in [6.07, 6.45) is 0. The molecule has 6 rings (SSSR count). The maximum Gasteiger partial charge on any atom is 0.00939 e. The Hall–Kier alpha value is -3.82. The zero-order valence-corrected chi connectivity index (χ0v) is 26.0. The highest BCUT2D eigenvalue weighted by molar-refractivity contribution is 7.73. The first kappa shape index (κ1) is 28.3. The van der Waals surface area contributed by atoms with Crippen molar-refractivity contribution in [3.8, 4) is 11.1 Å². The van der Waals surface area contributed by atoms with Crippen LogP contribution in [0.15, 0.2) is 170 Å². The molecule has 0 saturated carbocycles. The number of hydrogen-bond acceptors (Lipinski definition) is 0. The van der Waals surface area contributed by atoms with Crippen molar-refractivity contribution in [3.05, 3.63) is 181 Å². The van der Waals surface area contributed by atoms with Gasteiger partial charge in [0.05, 0.1) is 0 Å². The maximum absolute atomic E-state index is 2.42. The van der Waals surface area contributed by atoms with Crippen molar-refractivity contribution in [2.24, 2.45) is 0 Å². The second-order valence-electron chi connectivity index (χ2n) is 10.7. The lowest BCUT2D eigenvalue weighted by Gasteiger charge is -2.27. The predicted molar refractivity (Wildman–Crippen MR) is 187 cm³/mol. The highest BCUT2D eigenvalue weighted by Crippen LogP contribution is 2.51. The smallest absolute Gasteiger partial charge is 0.00939 e. The van der Waals surface area contributed by atoms with Crippen LogP contribution in [-0.4, -0.2) is 0 Å². The highest BCUT2D eigenvalue weighted by Gasteiger charge is 2.24. The third-order valence-corrected chi connectivity index (χ3v) is 13.5. The van der Waals surface area contributed by atoms with E-state index in [4.69, 9.17) is 0 Å². The normalized spacial score (nSPS) is 12.8. The Morgan fingerprint density at radius 1 is 0.333 bits per heavy atom. The van der Waals surface area contributed by atoms with E-state index in [0.29, 0.717) is 11.3 Å². The fourth-order valence-electron chi connectivity index (χ4n) is 5.80. The second-order valence-corrected chi connectivity index (χ2v) is 15.8.